The van der Waals surface area contributed by atoms with Gasteiger partial charge in [0.2, 0.25) is 5.67 Å². The second-order valence-corrected chi connectivity index (χ2v) is 8.18. The predicted molar refractivity (Wildman–Crippen MR) is 78.7 cm³/mol. The van der Waals surface area contributed by atoms with Crippen molar-refractivity contribution in [3.8, 4) is 0 Å². The molecular formula is C14H16F4N2O2S. The zero-order valence-corrected chi connectivity index (χ0v) is 13.4. The third-order valence-electron chi connectivity index (χ3n) is 3.40. The lowest BCUT2D eigenvalue weighted by atomic mass is 9.89. The Bertz CT molecular complexity index is 657. The summed E-state index contributed by atoms with van der Waals surface area (Å²) in [6.07, 6.45) is -5.12. The standard InChI is InChI=1S/C14H16F4N2O2S/c1-12(2,3)23(22)20-10(14(16,17)18)13(15)8-6-4-5-7-9(8)19-11(13)21/h4-7,10,20H,1-3H3,(H,19,21)/t10-,13-,23?/m0/s1. The van der Waals surface area contributed by atoms with Crippen molar-refractivity contribution in [1.29, 1.82) is 0 Å². The van der Waals surface area contributed by atoms with Crippen LogP contribution in [0.2, 0.25) is 0 Å². The number of alkyl halides is 4. The minimum absolute atomic E-state index is 0.0300. The van der Waals surface area contributed by atoms with E-state index in [-0.39, 0.29) is 5.69 Å². The number of carbonyl (C=O) groups excluding carboxylic acids is 1. The summed E-state index contributed by atoms with van der Waals surface area (Å²) in [7, 11) is -2.22. The van der Waals surface area contributed by atoms with Crippen LogP contribution >= 0.6 is 0 Å². The van der Waals surface area contributed by atoms with Crippen LogP contribution in [0, 0.1) is 0 Å². The second kappa shape index (κ2) is 5.55. The van der Waals surface area contributed by atoms with Crippen LogP contribution in [0.3, 0.4) is 0 Å². The van der Waals surface area contributed by atoms with Gasteiger partial charge in [-0.3, -0.25) is 4.79 Å². The normalized spacial score (nSPS) is 24.0. The lowest BCUT2D eigenvalue weighted by Crippen LogP contribution is -2.59. The highest BCUT2D eigenvalue weighted by molar-refractivity contribution is 7.84. The van der Waals surface area contributed by atoms with Crippen LogP contribution in [-0.4, -0.2) is 27.1 Å². The van der Waals surface area contributed by atoms with E-state index in [2.05, 4.69) is 5.32 Å². The highest BCUT2D eigenvalue weighted by atomic mass is 32.2. The van der Waals surface area contributed by atoms with E-state index in [4.69, 9.17) is 0 Å². The summed E-state index contributed by atoms with van der Waals surface area (Å²) in [4.78, 5) is 11.9. The topological polar surface area (TPSA) is 58.2 Å². The Labute approximate surface area is 133 Å². The molecule has 1 aromatic carbocycles. The molecule has 1 aliphatic heterocycles. The minimum atomic E-state index is -5.12. The third kappa shape index (κ3) is 3.12. The van der Waals surface area contributed by atoms with Crippen molar-refractivity contribution in [1.82, 2.24) is 4.72 Å². The van der Waals surface area contributed by atoms with Crippen molar-refractivity contribution in [2.24, 2.45) is 0 Å². The zero-order chi connectivity index (χ0) is 17.6. The highest BCUT2D eigenvalue weighted by Gasteiger charge is 2.63. The number of halogens is 4. The summed E-state index contributed by atoms with van der Waals surface area (Å²) in [6, 6.07) is 2.28. The van der Waals surface area contributed by atoms with E-state index in [1.807, 2.05) is 0 Å². The van der Waals surface area contributed by atoms with Crippen molar-refractivity contribution >= 4 is 22.6 Å². The smallest absolute Gasteiger partial charge is 0.323 e. The Hall–Kier alpha value is -1.48. The van der Waals surface area contributed by atoms with Gasteiger partial charge in [-0.05, 0) is 26.8 Å². The summed E-state index contributed by atoms with van der Waals surface area (Å²) >= 11 is 0. The van der Waals surface area contributed by atoms with Crippen molar-refractivity contribution < 1.29 is 26.6 Å². The molecule has 0 aliphatic carbocycles. The Balaban J connectivity index is 2.52. The van der Waals surface area contributed by atoms with Gasteiger partial charge < -0.3 is 5.32 Å². The van der Waals surface area contributed by atoms with Gasteiger partial charge in [-0.1, -0.05) is 18.2 Å². The fourth-order valence-electron chi connectivity index (χ4n) is 2.19. The fourth-order valence-corrected chi connectivity index (χ4v) is 3.05. The molecule has 1 unspecified atom stereocenters. The maximum atomic E-state index is 15.3. The van der Waals surface area contributed by atoms with Crippen LogP contribution in [0.1, 0.15) is 26.3 Å². The van der Waals surface area contributed by atoms with Gasteiger partial charge in [-0.2, -0.15) is 13.2 Å². The molecule has 0 saturated carbocycles. The number of hydrogen-bond acceptors (Lipinski definition) is 2. The van der Waals surface area contributed by atoms with Crippen molar-refractivity contribution in [3.63, 3.8) is 0 Å². The first kappa shape index (κ1) is 17.9. The maximum Gasteiger partial charge on any atom is 0.408 e. The monoisotopic (exact) mass is 352 g/mol. The van der Waals surface area contributed by atoms with Gasteiger partial charge in [0.25, 0.3) is 5.91 Å². The Morgan fingerprint density at radius 2 is 1.78 bits per heavy atom. The molecule has 9 heteroatoms. The molecule has 1 aromatic rings. The van der Waals surface area contributed by atoms with Crippen LogP contribution in [-0.2, 0) is 21.4 Å². The largest absolute Gasteiger partial charge is 0.408 e. The summed E-state index contributed by atoms with van der Waals surface area (Å²) in [5.41, 5.74) is -3.85. The molecule has 128 valence electrons. The van der Waals surface area contributed by atoms with E-state index in [9.17, 15) is 22.2 Å². The van der Waals surface area contributed by atoms with Gasteiger partial charge in [-0.15, -0.1) is 0 Å². The molecule has 2 rings (SSSR count). The lowest BCUT2D eigenvalue weighted by Gasteiger charge is -2.32. The lowest BCUT2D eigenvalue weighted by molar-refractivity contribution is -0.186. The molecule has 4 nitrogen and oxygen atoms in total. The summed E-state index contributed by atoms with van der Waals surface area (Å²) in [5, 5.41) is 2.10. The van der Waals surface area contributed by atoms with Crippen LogP contribution in [0.25, 0.3) is 0 Å². The van der Waals surface area contributed by atoms with E-state index in [1.165, 1.54) is 39.0 Å². The molecule has 2 N–H and O–H groups in total. The highest BCUT2D eigenvalue weighted by Crippen LogP contribution is 2.46. The van der Waals surface area contributed by atoms with E-state index in [0.717, 1.165) is 6.07 Å². The number of hydrogen-bond donors (Lipinski definition) is 2. The van der Waals surface area contributed by atoms with E-state index in [1.54, 1.807) is 4.72 Å². The third-order valence-corrected chi connectivity index (χ3v) is 4.97. The Morgan fingerprint density at radius 3 is 2.30 bits per heavy atom. The van der Waals surface area contributed by atoms with Crippen molar-refractivity contribution in [3.05, 3.63) is 29.8 Å². The van der Waals surface area contributed by atoms with Crippen LogP contribution in [0.5, 0.6) is 0 Å². The first-order chi connectivity index (χ1) is 10.4. The Morgan fingerprint density at radius 1 is 1.22 bits per heavy atom. The Kier molecular flexibility index (Phi) is 4.31. The summed E-state index contributed by atoms with van der Waals surface area (Å²) in [5.74, 6) is -1.43. The fraction of sp³-hybridized carbons (Fsp3) is 0.500. The van der Waals surface area contributed by atoms with Gasteiger partial charge in [-0.25, -0.2) is 13.3 Å². The van der Waals surface area contributed by atoms with E-state index >= 15 is 4.39 Å². The summed E-state index contributed by atoms with van der Waals surface area (Å²) in [6.45, 7) is 4.32. The molecule has 1 amide bonds. The average molecular weight is 352 g/mol. The molecule has 1 aliphatic rings. The van der Waals surface area contributed by atoms with Crippen LogP contribution in [0.15, 0.2) is 24.3 Å². The quantitative estimate of drug-likeness (QED) is 0.822. The average Bonchev–Trinajstić information content (AvgIpc) is 2.66. The van der Waals surface area contributed by atoms with Crippen molar-refractivity contribution in [2.75, 3.05) is 5.32 Å². The number of benzene rings is 1. The number of carbonyl (C=O) groups is 1. The molecule has 23 heavy (non-hydrogen) atoms. The molecule has 0 saturated heterocycles. The van der Waals surface area contributed by atoms with Gasteiger partial charge in [0.15, 0.2) is 6.04 Å². The van der Waals surface area contributed by atoms with Crippen LogP contribution in [0.4, 0.5) is 23.2 Å². The summed E-state index contributed by atoms with van der Waals surface area (Å²) < 4.78 is 68.3. The van der Waals surface area contributed by atoms with Gasteiger partial charge >= 0.3 is 6.18 Å². The molecule has 0 aromatic heterocycles. The number of rotatable bonds is 3. The molecule has 0 bridgehead atoms. The van der Waals surface area contributed by atoms with E-state index < -0.39 is 45.1 Å². The molecule has 1 heterocycles. The van der Waals surface area contributed by atoms with Gasteiger partial charge in [0.05, 0.1) is 15.7 Å². The first-order valence-corrected chi connectivity index (χ1v) is 7.88. The number of anilines is 1. The SMILES string of the molecule is CC(C)(C)S(=O)N[C@H](C(F)(F)F)[C@]1(F)C(=O)Nc2ccccc21. The number of amides is 1. The number of fused-ring (bicyclic) bond motifs is 1. The predicted octanol–water partition coefficient (Wildman–Crippen LogP) is 2.79. The first-order valence-electron chi connectivity index (χ1n) is 6.73. The molecule has 0 radical (unpaired) electrons. The molecule has 0 fully saturated rings. The van der Waals surface area contributed by atoms with Gasteiger partial charge in [0.1, 0.15) is 0 Å². The molecule has 0 spiro atoms. The maximum absolute atomic E-state index is 15.3. The van der Waals surface area contributed by atoms with Crippen LogP contribution < -0.4 is 10.0 Å². The van der Waals surface area contributed by atoms with Gasteiger partial charge in [0, 0.05) is 11.3 Å². The number of para-hydroxylation sites is 1. The number of nitrogens with one attached hydrogen (secondary N) is 2. The second-order valence-electron chi connectivity index (χ2n) is 6.19. The van der Waals surface area contributed by atoms with E-state index in [0.29, 0.717) is 0 Å². The van der Waals surface area contributed by atoms with Crippen molar-refractivity contribution in [2.45, 2.75) is 43.4 Å². The molecular weight excluding hydrogens is 336 g/mol. The minimum Gasteiger partial charge on any atom is -0.323 e. The molecule has 3 atom stereocenters. The zero-order valence-electron chi connectivity index (χ0n) is 12.6.